The number of para-hydroxylation sites is 2. The largest absolute Gasteiger partial charge is 0.368 e. The van der Waals surface area contributed by atoms with Crippen LogP contribution in [-0.4, -0.2) is 29.9 Å². The summed E-state index contributed by atoms with van der Waals surface area (Å²) in [5.74, 6) is 3.27. The number of nitrogens with zero attached hydrogens (tertiary/aromatic N) is 6. The Kier molecular flexibility index (Phi) is 7.33. The van der Waals surface area contributed by atoms with Crippen LogP contribution in [-0.2, 0) is 17.9 Å². The van der Waals surface area contributed by atoms with Crippen LogP contribution >= 0.6 is 11.8 Å². The van der Waals surface area contributed by atoms with Crippen LogP contribution < -0.4 is 22.1 Å². The molecule has 0 amide bonds. The first kappa shape index (κ1) is 23.2. The quantitative estimate of drug-likeness (QED) is 0.278. The zero-order valence-corrected chi connectivity index (χ0v) is 19.8. The van der Waals surface area contributed by atoms with E-state index in [9.17, 15) is 0 Å². The molecule has 34 heavy (non-hydrogen) atoms. The maximum absolute atomic E-state index is 5.92. The van der Waals surface area contributed by atoms with Crippen molar-refractivity contribution in [3.8, 4) is 0 Å². The smallest absolute Gasteiger partial charge is 0.232 e. The lowest BCUT2D eigenvalue weighted by Crippen LogP contribution is -2.08. The number of nitrogens with one attached hydrogen (secondary N) is 2. The van der Waals surface area contributed by atoms with Gasteiger partial charge in [0.25, 0.3) is 0 Å². The Hall–Kier alpha value is -3.99. The molecule has 0 radical (unpaired) electrons. The topological polar surface area (TPSA) is 153 Å². The molecule has 2 heterocycles. The van der Waals surface area contributed by atoms with Gasteiger partial charge in [-0.3, -0.25) is 0 Å². The maximum atomic E-state index is 5.92. The summed E-state index contributed by atoms with van der Waals surface area (Å²) < 4.78 is 0. The monoisotopic (exact) mass is 474 g/mol. The van der Waals surface area contributed by atoms with E-state index in [2.05, 4.69) is 53.5 Å². The average Bonchev–Trinajstić information content (AvgIpc) is 2.80. The van der Waals surface area contributed by atoms with Gasteiger partial charge in [0.15, 0.2) is 0 Å². The molecule has 4 aromatic rings. The first-order valence-corrected chi connectivity index (χ1v) is 11.9. The molecule has 0 bridgehead atoms. The lowest BCUT2D eigenvalue weighted by molar-refractivity contribution is 0.968. The highest BCUT2D eigenvalue weighted by Gasteiger charge is 2.10. The van der Waals surface area contributed by atoms with Crippen molar-refractivity contribution in [2.75, 3.05) is 22.1 Å². The third-order valence-electron chi connectivity index (χ3n) is 4.90. The number of aromatic nitrogens is 6. The summed E-state index contributed by atoms with van der Waals surface area (Å²) in [5.41, 5.74) is 15.9. The molecule has 10 nitrogen and oxygen atoms in total. The van der Waals surface area contributed by atoms with Crippen molar-refractivity contribution in [3.63, 3.8) is 0 Å². The van der Waals surface area contributed by atoms with Gasteiger partial charge in [0.05, 0.1) is 11.5 Å². The standard InChI is InChI=1S/C23H26N10S/c1-3-15-9-5-7-11-17(15)27-23-31-19(29-21(25)33-23)13-34-12-18-28-20(24)32-22(30-18)26-16-10-6-4-8-14(16)2/h4-11H,3,12-13H2,1-2H3,(H3,24,26,28,30,32)(H3,25,27,29,31,33). The van der Waals surface area contributed by atoms with Gasteiger partial charge < -0.3 is 22.1 Å². The Morgan fingerprint density at radius 2 is 1.24 bits per heavy atom. The summed E-state index contributed by atoms with van der Waals surface area (Å²) in [6.07, 6.45) is 0.891. The minimum atomic E-state index is 0.159. The SMILES string of the molecule is CCc1ccccc1Nc1nc(N)nc(CSCc2nc(N)nc(Nc3ccccc3C)n2)n1. The Balaban J connectivity index is 1.41. The highest BCUT2D eigenvalue weighted by atomic mass is 32.2. The van der Waals surface area contributed by atoms with Crippen LogP contribution in [0.1, 0.15) is 29.7 Å². The van der Waals surface area contributed by atoms with Crippen molar-refractivity contribution < 1.29 is 0 Å². The van der Waals surface area contributed by atoms with Crippen molar-refractivity contribution in [1.82, 2.24) is 29.9 Å². The first-order chi connectivity index (χ1) is 16.5. The molecule has 2 aromatic heterocycles. The Labute approximate surface area is 202 Å². The molecular formula is C23H26N10S. The van der Waals surface area contributed by atoms with Crippen LogP contribution in [0.2, 0.25) is 0 Å². The van der Waals surface area contributed by atoms with Crippen molar-refractivity contribution in [2.45, 2.75) is 31.8 Å². The molecular weight excluding hydrogens is 448 g/mol. The van der Waals surface area contributed by atoms with Crippen LogP contribution in [0.25, 0.3) is 0 Å². The van der Waals surface area contributed by atoms with Crippen LogP contribution in [0, 0.1) is 6.92 Å². The molecule has 6 N–H and O–H groups in total. The number of anilines is 6. The number of aryl methyl sites for hydroxylation is 2. The fourth-order valence-electron chi connectivity index (χ4n) is 3.26. The molecule has 0 spiro atoms. The molecule has 0 aliphatic rings. The van der Waals surface area contributed by atoms with Crippen molar-refractivity contribution in [2.24, 2.45) is 0 Å². The minimum absolute atomic E-state index is 0.159. The van der Waals surface area contributed by atoms with E-state index in [1.54, 1.807) is 11.8 Å². The predicted octanol–water partition coefficient (Wildman–Crippen LogP) is 4.01. The van der Waals surface area contributed by atoms with Gasteiger partial charge in [0.1, 0.15) is 11.6 Å². The lowest BCUT2D eigenvalue weighted by Gasteiger charge is -2.11. The van der Waals surface area contributed by atoms with Crippen LogP contribution in [0.5, 0.6) is 0 Å². The first-order valence-electron chi connectivity index (χ1n) is 10.8. The van der Waals surface area contributed by atoms with Gasteiger partial charge in [-0.25, -0.2) is 0 Å². The number of nitrogen functional groups attached to an aromatic ring is 2. The second-order valence-corrected chi connectivity index (χ2v) is 8.42. The van der Waals surface area contributed by atoms with E-state index in [1.807, 2.05) is 49.4 Å². The molecule has 0 aliphatic carbocycles. The van der Waals surface area contributed by atoms with Gasteiger partial charge >= 0.3 is 0 Å². The zero-order chi connectivity index (χ0) is 23.9. The van der Waals surface area contributed by atoms with Crippen LogP contribution in [0.4, 0.5) is 35.2 Å². The normalized spacial score (nSPS) is 10.8. The van der Waals surface area contributed by atoms with E-state index in [4.69, 9.17) is 11.5 Å². The highest BCUT2D eigenvalue weighted by Crippen LogP contribution is 2.22. The van der Waals surface area contributed by atoms with Crippen LogP contribution in [0.3, 0.4) is 0 Å². The second kappa shape index (κ2) is 10.8. The van der Waals surface area contributed by atoms with Gasteiger partial charge in [-0.15, -0.1) is 11.8 Å². The van der Waals surface area contributed by atoms with E-state index in [0.29, 0.717) is 35.1 Å². The van der Waals surface area contributed by atoms with Crippen molar-refractivity contribution in [1.29, 1.82) is 0 Å². The van der Waals surface area contributed by atoms with E-state index in [-0.39, 0.29) is 11.9 Å². The summed E-state index contributed by atoms with van der Waals surface area (Å²) in [6.45, 7) is 4.11. The molecule has 4 rings (SSSR count). The van der Waals surface area contributed by atoms with E-state index >= 15 is 0 Å². The third-order valence-corrected chi connectivity index (χ3v) is 5.82. The number of hydrogen-bond acceptors (Lipinski definition) is 11. The summed E-state index contributed by atoms with van der Waals surface area (Å²) in [6, 6.07) is 15.9. The molecule has 0 atom stereocenters. The average molecular weight is 475 g/mol. The van der Waals surface area contributed by atoms with Gasteiger partial charge in [-0.05, 0) is 36.6 Å². The predicted molar refractivity (Wildman–Crippen MR) is 137 cm³/mol. The fourth-order valence-corrected chi connectivity index (χ4v) is 3.98. The number of rotatable bonds is 9. The summed E-state index contributed by atoms with van der Waals surface area (Å²) in [5, 5.41) is 6.45. The second-order valence-electron chi connectivity index (χ2n) is 7.44. The molecule has 0 fully saturated rings. The molecule has 0 aliphatic heterocycles. The molecule has 0 unspecified atom stereocenters. The Morgan fingerprint density at radius 1 is 0.706 bits per heavy atom. The van der Waals surface area contributed by atoms with E-state index in [0.717, 1.165) is 23.4 Å². The molecule has 11 heteroatoms. The fraction of sp³-hybridized carbons (Fsp3) is 0.217. The Morgan fingerprint density at radius 3 is 1.82 bits per heavy atom. The van der Waals surface area contributed by atoms with Gasteiger partial charge in [-0.2, -0.15) is 29.9 Å². The third kappa shape index (κ3) is 6.07. The van der Waals surface area contributed by atoms with E-state index < -0.39 is 0 Å². The lowest BCUT2D eigenvalue weighted by atomic mass is 10.1. The highest BCUT2D eigenvalue weighted by molar-refractivity contribution is 7.97. The zero-order valence-electron chi connectivity index (χ0n) is 19.0. The maximum Gasteiger partial charge on any atom is 0.232 e. The molecule has 0 saturated heterocycles. The number of hydrogen-bond donors (Lipinski definition) is 4. The van der Waals surface area contributed by atoms with Crippen LogP contribution in [0.15, 0.2) is 48.5 Å². The summed E-state index contributed by atoms with van der Waals surface area (Å²) in [7, 11) is 0. The minimum Gasteiger partial charge on any atom is -0.368 e. The van der Waals surface area contributed by atoms with Crippen molar-refractivity contribution in [3.05, 3.63) is 71.3 Å². The van der Waals surface area contributed by atoms with Gasteiger partial charge in [0.2, 0.25) is 23.8 Å². The molecule has 2 aromatic carbocycles. The van der Waals surface area contributed by atoms with Crippen molar-refractivity contribution >= 4 is 46.9 Å². The number of benzene rings is 2. The molecule has 174 valence electrons. The Bertz CT molecular complexity index is 1280. The summed E-state index contributed by atoms with van der Waals surface area (Å²) >= 11 is 1.55. The van der Waals surface area contributed by atoms with Gasteiger partial charge in [0, 0.05) is 11.4 Å². The van der Waals surface area contributed by atoms with Gasteiger partial charge in [-0.1, -0.05) is 43.3 Å². The van der Waals surface area contributed by atoms with E-state index in [1.165, 1.54) is 5.56 Å². The molecule has 0 saturated carbocycles. The summed E-state index contributed by atoms with van der Waals surface area (Å²) in [4.78, 5) is 25.9. The number of thioether (sulfide) groups is 1. The number of nitrogens with two attached hydrogens (primary N) is 2.